The molecule has 0 bridgehead atoms. The number of thiocarbonyl (C=S) groups is 1. The Balaban J connectivity index is 1.84. The SMILES string of the molecule is CCOC(=O)c1ccc(NC(=S)NCc2ccc(OC)cc2)cc1. The van der Waals surface area contributed by atoms with Crippen LogP contribution < -0.4 is 15.4 Å². The molecule has 6 heteroatoms. The van der Waals surface area contributed by atoms with Crippen molar-refractivity contribution in [2.45, 2.75) is 13.5 Å². The highest BCUT2D eigenvalue weighted by Crippen LogP contribution is 2.12. The summed E-state index contributed by atoms with van der Waals surface area (Å²) in [6, 6.07) is 14.7. The van der Waals surface area contributed by atoms with Gasteiger partial charge in [0.25, 0.3) is 0 Å². The molecule has 0 heterocycles. The molecule has 0 aliphatic heterocycles. The zero-order valence-corrected chi connectivity index (χ0v) is 14.5. The Morgan fingerprint density at radius 2 is 1.75 bits per heavy atom. The minimum atomic E-state index is -0.329. The zero-order chi connectivity index (χ0) is 17.4. The minimum Gasteiger partial charge on any atom is -0.497 e. The number of anilines is 1. The summed E-state index contributed by atoms with van der Waals surface area (Å²) in [5, 5.41) is 6.72. The Morgan fingerprint density at radius 3 is 2.33 bits per heavy atom. The topological polar surface area (TPSA) is 59.6 Å². The van der Waals surface area contributed by atoms with Crippen LogP contribution in [0.25, 0.3) is 0 Å². The summed E-state index contributed by atoms with van der Waals surface area (Å²) >= 11 is 5.27. The van der Waals surface area contributed by atoms with Crippen molar-refractivity contribution in [3.8, 4) is 5.75 Å². The monoisotopic (exact) mass is 344 g/mol. The third kappa shape index (κ3) is 5.24. The van der Waals surface area contributed by atoms with E-state index >= 15 is 0 Å². The van der Waals surface area contributed by atoms with Gasteiger partial charge in [-0.15, -0.1) is 0 Å². The molecule has 0 amide bonds. The molecule has 0 saturated carbocycles. The average molecular weight is 344 g/mol. The van der Waals surface area contributed by atoms with Crippen LogP contribution in [0.15, 0.2) is 48.5 Å². The summed E-state index contributed by atoms with van der Waals surface area (Å²) in [5.41, 5.74) is 2.41. The van der Waals surface area contributed by atoms with Crippen molar-refractivity contribution >= 4 is 29.0 Å². The van der Waals surface area contributed by atoms with E-state index in [-0.39, 0.29) is 5.97 Å². The van der Waals surface area contributed by atoms with E-state index in [1.165, 1.54) is 0 Å². The number of carbonyl (C=O) groups excluding carboxylic acids is 1. The van der Waals surface area contributed by atoms with Crippen molar-refractivity contribution in [3.05, 3.63) is 59.7 Å². The minimum absolute atomic E-state index is 0.329. The molecule has 0 fully saturated rings. The second-order valence-corrected chi connectivity index (χ2v) is 5.36. The second kappa shape index (κ2) is 8.88. The predicted molar refractivity (Wildman–Crippen MR) is 98.5 cm³/mol. The van der Waals surface area contributed by atoms with Crippen LogP contribution in [0.1, 0.15) is 22.8 Å². The molecule has 5 nitrogen and oxygen atoms in total. The van der Waals surface area contributed by atoms with Crippen LogP contribution in [-0.2, 0) is 11.3 Å². The maximum absolute atomic E-state index is 11.6. The molecule has 0 unspecified atom stereocenters. The van der Waals surface area contributed by atoms with Gasteiger partial charge in [-0.1, -0.05) is 12.1 Å². The number of rotatable bonds is 6. The maximum atomic E-state index is 11.6. The normalized spacial score (nSPS) is 9.92. The summed E-state index contributed by atoms with van der Waals surface area (Å²) in [6.45, 7) is 2.75. The average Bonchev–Trinajstić information content (AvgIpc) is 2.61. The van der Waals surface area contributed by atoms with Crippen molar-refractivity contribution in [1.29, 1.82) is 0 Å². The van der Waals surface area contributed by atoms with E-state index < -0.39 is 0 Å². The summed E-state index contributed by atoms with van der Waals surface area (Å²) < 4.78 is 10.1. The lowest BCUT2D eigenvalue weighted by atomic mass is 10.2. The summed E-state index contributed by atoms with van der Waals surface area (Å²) in [7, 11) is 1.64. The van der Waals surface area contributed by atoms with Crippen molar-refractivity contribution in [1.82, 2.24) is 5.32 Å². The zero-order valence-electron chi connectivity index (χ0n) is 13.7. The van der Waals surface area contributed by atoms with Crippen LogP contribution in [0.4, 0.5) is 5.69 Å². The number of nitrogens with one attached hydrogen (secondary N) is 2. The lowest BCUT2D eigenvalue weighted by Crippen LogP contribution is -2.27. The molecular weight excluding hydrogens is 324 g/mol. The maximum Gasteiger partial charge on any atom is 0.338 e. The Morgan fingerprint density at radius 1 is 1.08 bits per heavy atom. The van der Waals surface area contributed by atoms with Gasteiger partial charge in [0.1, 0.15) is 5.75 Å². The van der Waals surface area contributed by atoms with Gasteiger partial charge in [0.2, 0.25) is 0 Å². The van der Waals surface area contributed by atoms with Crippen molar-refractivity contribution < 1.29 is 14.3 Å². The van der Waals surface area contributed by atoms with Crippen LogP contribution in [0.3, 0.4) is 0 Å². The Hall–Kier alpha value is -2.60. The molecule has 2 rings (SSSR count). The molecule has 0 aromatic heterocycles. The van der Waals surface area contributed by atoms with E-state index in [0.717, 1.165) is 17.0 Å². The van der Waals surface area contributed by atoms with Gasteiger partial charge in [-0.05, 0) is 61.1 Å². The number of carbonyl (C=O) groups is 1. The molecule has 0 spiro atoms. The molecule has 24 heavy (non-hydrogen) atoms. The van der Waals surface area contributed by atoms with Gasteiger partial charge in [-0.2, -0.15) is 0 Å². The largest absolute Gasteiger partial charge is 0.497 e. The van der Waals surface area contributed by atoms with Gasteiger partial charge in [0.15, 0.2) is 5.11 Å². The summed E-state index contributed by atoms with van der Waals surface area (Å²) in [4.78, 5) is 11.6. The van der Waals surface area contributed by atoms with Crippen molar-refractivity contribution in [3.63, 3.8) is 0 Å². The fraction of sp³-hybridized carbons (Fsp3) is 0.222. The standard InChI is InChI=1S/C18H20N2O3S/c1-3-23-17(21)14-6-8-15(9-7-14)20-18(24)19-12-13-4-10-16(22-2)11-5-13/h4-11H,3,12H2,1-2H3,(H2,19,20,24). The molecule has 0 aliphatic rings. The van der Waals surface area contributed by atoms with E-state index in [1.807, 2.05) is 24.3 Å². The van der Waals surface area contributed by atoms with Gasteiger partial charge >= 0.3 is 5.97 Å². The van der Waals surface area contributed by atoms with Gasteiger partial charge < -0.3 is 20.1 Å². The summed E-state index contributed by atoms with van der Waals surface area (Å²) in [6.07, 6.45) is 0. The molecule has 126 valence electrons. The van der Waals surface area contributed by atoms with E-state index in [2.05, 4.69) is 10.6 Å². The van der Waals surface area contributed by atoms with Crippen LogP contribution in [0.5, 0.6) is 5.75 Å². The van der Waals surface area contributed by atoms with Crippen LogP contribution in [-0.4, -0.2) is 24.8 Å². The third-order valence-electron chi connectivity index (χ3n) is 3.27. The first kappa shape index (κ1) is 17.7. The Kier molecular flexibility index (Phi) is 6.57. The van der Waals surface area contributed by atoms with Gasteiger partial charge in [-0.25, -0.2) is 4.79 Å². The fourth-order valence-electron chi connectivity index (χ4n) is 2.01. The lowest BCUT2D eigenvalue weighted by Gasteiger charge is -2.11. The number of hydrogen-bond acceptors (Lipinski definition) is 4. The molecule has 0 atom stereocenters. The van der Waals surface area contributed by atoms with Crippen molar-refractivity contribution in [2.24, 2.45) is 0 Å². The lowest BCUT2D eigenvalue weighted by molar-refractivity contribution is 0.0526. The van der Waals surface area contributed by atoms with E-state index in [0.29, 0.717) is 23.8 Å². The fourth-order valence-corrected chi connectivity index (χ4v) is 2.20. The first-order valence-corrected chi connectivity index (χ1v) is 7.98. The smallest absolute Gasteiger partial charge is 0.338 e. The molecule has 2 N–H and O–H groups in total. The van der Waals surface area contributed by atoms with Gasteiger partial charge in [0.05, 0.1) is 19.3 Å². The summed E-state index contributed by atoms with van der Waals surface area (Å²) in [5.74, 6) is 0.491. The molecule has 0 radical (unpaired) electrons. The van der Waals surface area contributed by atoms with Gasteiger partial charge in [0, 0.05) is 12.2 Å². The van der Waals surface area contributed by atoms with Crippen LogP contribution in [0.2, 0.25) is 0 Å². The third-order valence-corrected chi connectivity index (χ3v) is 3.51. The first-order chi connectivity index (χ1) is 11.6. The number of ether oxygens (including phenoxy) is 2. The number of hydrogen-bond donors (Lipinski definition) is 2. The molecule has 0 aliphatic carbocycles. The van der Waals surface area contributed by atoms with Crippen LogP contribution in [0, 0.1) is 0 Å². The second-order valence-electron chi connectivity index (χ2n) is 4.95. The predicted octanol–water partition coefficient (Wildman–Crippen LogP) is 3.36. The Bertz CT molecular complexity index is 684. The number of benzene rings is 2. The van der Waals surface area contributed by atoms with E-state index in [9.17, 15) is 4.79 Å². The first-order valence-electron chi connectivity index (χ1n) is 7.57. The van der Waals surface area contributed by atoms with E-state index in [1.54, 1.807) is 38.3 Å². The highest BCUT2D eigenvalue weighted by molar-refractivity contribution is 7.80. The van der Waals surface area contributed by atoms with Crippen molar-refractivity contribution in [2.75, 3.05) is 19.0 Å². The Labute approximate surface area is 147 Å². The number of esters is 1. The molecule has 2 aromatic carbocycles. The van der Waals surface area contributed by atoms with Crippen LogP contribution >= 0.6 is 12.2 Å². The quantitative estimate of drug-likeness (QED) is 0.619. The molecule has 2 aromatic rings. The number of methoxy groups -OCH3 is 1. The molecular formula is C18H20N2O3S. The highest BCUT2D eigenvalue weighted by atomic mass is 32.1. The highest BCUT2D eigenvalue weighted by Gasteiger charge is 2.06. The van der Waals surface area contributed by atoms with Gasteiger partial charge in [-0.3, -0.25) is 0 Å². The molecule has 0 saturated heterocycles. The van der Waals surface area contributed by atoms with E-state index in [4.69, 9.17) is 21.7 Å².